The van der Waals surface area contributed by atoms with Crippen LogP contribution >= 0.6 is 0 Å². The molecule has 1 aliphatic rings. The van der Waals surface area contributed by atoms with Crippen molar-refractivity contribution in [3.05, 3.63) is 138 Å². The molecule has 0 aliphatic carbocycles. The van der Waals surface area contributed by atoms with Crippen LogP contribution in [0.2, 0.25) is 0 Å². The zero-order valence-corrected chi connectivity index (χ0v) is 18.6. The standard InChI is InChI=1S/C29H24N4O/c34-29(25-14-8-3-9-15-25)31-30-21-22-16-18-26(19-17-22)33-28(24-12-6-2-7-13-24)20-27(32-33)23-10-4-1-5-11-23/h1-19,21,28H,20H2,(H,31,34)/b30-21-/t28-/m0/s1. The van der Waals surface area contributed by atoms with Crippen LogP contribution in [0.15, 0.2) is 125 Å². The lowest BCUT2D eigenvalue weighted by molar-refractivity contribution is 0.0955. The van der Waals surface area contributed by atoms with E-state index >= 15 is 0 Å². The predicted molar refractivity (Wildman–Crippen MR) is 137 cm³/mol. The molecule has 1 atom stereocenters. The zero-order chi connectivity index (χ0) is 23.2. The van der Waals surface area contributed by atoms with Gasteiger partial charge in [-0.05, 0) is 41.0 Å². The summed E-state index contributed by atoms with van der Waals surface area (Å²) in [4.78, 5) is 12.1. The Balaban J connectivity index is 1.34. The Bertz CT molecular complexity index is 1300. The molecule has 0 aromatic heterocycles. The SMILES string of the molecule is O=C(N/N=C\c1ccc(N2N=C(c3ccccc3)C[C@H]2c2ccccc2)cc1)c1ccccc1. The van der Waals surface area contributed by atoms with Crippen LogP contribution in [0.1, 0.15) is 39.5 Å². The highest BCUT2D eigenvalue weighted by molar-refractivity contribution is 6.03. The number of carbonyl (C=O) groups is 1. The number of hydrogen-bond acceptors (Lipinski definition) is 4. The maximum atomic E-state index is 12.1. The van der Waals surface area contributed by atoms with E-state index in [1.165, 1.54) is 5.56 Å². The third kappa shape index (κ3) is 4.79. The molecule has 166 valence electrons. The molecule has 0 bridgehead atoms. The fourth-order valence-electron chi connectivity index (χ4n) is 4.02. The molecule has 0 radical (unpaired) electrons. The van der Waals surface area contributed by atoms with Crippen LogP contribution < -0.4 is 10.4 Å². The van der Waals surface area contributed by atoms with Gasteiger partial charge in [0.25, 0.3) is 5.91 Å². The second kappa shape index (κ2) is 9.96. The first-order chi connectivity index (χ1) is 16.8. The summed E-state index contributed by atoms with van der Waals surface area (Å²) in [6.07, 6.45) is 2.48. The molecule has 0 spiro atoms. The number of hydrogen-bond donors (Lipinski definition) is 1. The summed E-state index contributed by atoms with van der Waals surface area (Å²) in [5.74, 6) is -0.237. The highest BCUT2D eigenvalue weighted by Crippen LogP contribution is 2.36. The number of rotatable bonds is 6. The van der Waals surface area contributed by atoms with Gasteiger partial charge in [0.05, 0.1) is 23.7 Å². The Hall–Kier alpha value is -4.51. The van der Waals surface area contributed by atoms with E-state index in [1.807, 2.05) is 66.7 Å². The number of nitrogens with one attached hydrogen (secondary N) is 1. The Morgan fingerprint density at radius 3 is 2.12 bits per heavy atom. The van der Waals surface area contributed by atoms with Gasteiger partial charge < -0.3 is 0 Å². The normalized spacial score (nSPS) is 15.4. The molecule has 0 saturated carbocycles. The van der Waals surface area contributed by atoms with E-state index in [-0.39, 0.29) is 11.9 Å². The lowest BCUT2D eigenvalue weighted by atomic mass is 9.98. The van der Waals surface area contributed by atoms with Gasteiger partial charge in [0.1, 0.15) is 0 Å². The van der Waals surface area contributed by atoms with Crippen LogP contribution in [0, 0.1) is 0 Å². The minimum atomic E-state index is -0.237. The molecular formula is C29H24N4O. The van der Waals surface area contributed by atoms with E-state index in [0.29, 0.717) is 5.56 Å². The molecular weight excluding hydrogens is 420 g/mol. The number of hydrazone groups is 2. The van der Waals surface area contributed by atoms with E-state index in [0.717, 1.165) is 28.9 Å². The predicted octanol–water partition coefficient (Wildman–Crippen LogP) is 5.81. The molecule has 34 heavy (non-hydrogen) atoms. The molecule has 5 rings (SSSR count). The Morgan fingerprint density at radius 2 is 1.44 bits per heavy atom. The van der Waals surface area contributed by atoms with Gasteiger partial charge >= 0.3 is 0 Å². The first kappa shape index (κ1) is 21.3. The Kier molecular flexibility index (Phi) is 6.25. The number of amides is 1. The number of anilines is 1. The van der Waals surface area contributed by atoms with E-state index in [2.05, 4.69) is 51.9 Å². The van der Waals surface area contributed by atoms with Crippen LogP contribution in [-0.2, 0) is 0 Å². The largest absolute Gasteiger partial charge is 0.271 e. The Labute approximate surface area is 199 Å². The van der Waals surface area contributed by atoms with Crippen molar-refractivity contribution in [3.8, 4) is 0 Å². The summed E-state index contributed by atoms with van der Waals surface area (Å²) in [5.41, 5.74) is 8.48. The van der Waals surface area contributed by atoms with E-state index < -0.39 is 0 Å². The van der Waals surface area contributed by atoms with Crippen LogP contribution in [0.3, 0.4) is 0 Å². The van der Waals surface area contributed by atoms with Crippen LogP contribution in [0.5, 0.6) is 0 Å². The highest BCUT2D eigenvalue weighted by atomic mass is 16.2. The molecule has 0 fully saturated rings. The third-order valence-corrected chi connectivity index (χ3v) is 5.78. The lowest BCUT2D eigenvalue weighted by Crippen LogP contribution is -2.18. The van der Waals surface area contributed by atoms with Gasteiger partial charge in [0, 0.05) is 12.0 Å². The highest BCUT2D eigenvalue weighted by Gasteiger charge is 2.29. The molecule has 1 aliphatic heterocycles. The van der Waals surface area contributed by atoms with Crippen molar-refractivity contribution in [1.82, 2.24) is 5.43 Å². The van der Waals surface area contributed by atoms with E-state index in [9.17, 15) is 4.79 Å². The Morgan fingerprint density at radius 1 is 0.824 bits per heavy atom. The van der Waals surface area contributed by atoms with Gasteiger partial charge in [-0.3, -0.25) is 9.80 Å². The quantitative estimate of drug-likeness (QED) is 0.302. The monoisotopic (exact) mass is 444 g/mol. The fraction of sp³-hybridized carbons (Fsp3) is 0.0690. The summed E-state index contributed by atoms with van der Waals surface area (Å²) in [7, 11) is 0. The number of nitrogens with zero attached hydrogens (tertiary/aromatic N) is 3. The molecule has 1 N–H and O–H groups in total. The molecule has 1 heterocycles. The van der Waals surface area contributed by atoms with Crippen molar-refractivity contribution in [1.29, 1.82) is 0 Å². The molecule has 4 aromatic carbocycles. The van der Waals surface area contributed by atoms with E-state index in [4.69, 9.17) is 5.10 Å². The molecule has 0 saturated heterocycles. The maximum absolute atomic E-state index is 12.1. The minimum absolute atomic E-state index is 0.126. The lowest BCUT2D eigenvalue weighted by Gasteiger charge is -2.24. The smallest absolute Gasteiger partial charge is 0.267 e. The summed E-state index contributed by atoms with van der Waals surface area (Å²) in [6.45, 7) is 0. The summed E-state index contributed by atoms with van der Waals surface area (Å²) in [5, 5.41) is 11.2. The average molecular weight is 445 g/mol. The second-order valence-corrected chi connectivity index (χ2v) is 8.04. The van der Waals surface area contributed by atoms with Gasteiger partial charge in [0.2, 0.25) is 0 Å². The summed E-state index contributed by atoms with van der Waals surface area (Å²) < 4.78 is 0. The molecule has 1 amide bonds. The van der Waals surface area contributed by atoms with Gasteiger partial charge in [-0.2, -0.15) is 10.2 Å². The fourth-order valence-corrected chi connectivity index (χ4v) is 4.02. The van der Waals surface area contributed by atoms with Gasteiger partial charge in [0.15, 0.2) is 0 Å². The van der Waals surface area contributed by atoms with Crippen molar-refractivity contribution in [3.63, 3.8) is 0 Å². The van der Waals surface area contributed by atoms with Crippen molar-refractivity contribution < 1.29 is 4.79 Å². The van der Waals surface area contributed by atoms with Crippen molar-refractivity contribution in [2.75, 3.05) is 5.01 Å². The van der Waals surface area contributed by atoms with Crippen molar-refractivity contribution >= 4 is 23.5 Å². The topological polar surface area (TPSA) is 57.1 Å². The van der Waals surface area contributed by atoms with Crippen molar-refractivity contribution in [2.24, 2.45) is 10.2 Å². The summed E-state index contributed by atoms with van der Waals surface area (Å²) >= 11 is 0. The summed E-state index contributed by atoms with van der Waals surface area (Å²) in [6, 6.07) is 38.0. The van der Waals surface area contributed by atoms with E-state index in [1.54, 1.807) is 18.3 Å². The number of carbonyl (C=O) groups excluding carboxylic acids is 1. The van der Waals surface area contributed by atoms with Gasteiger partial charge in [-0.25, -0.2) is 5.43 Å². The van der Waals surface area contributed by atoms with Crippen LogP contribution in [-0.4, -0.2) is 17.8 Å². The molecule has 5 heteroatoms. The average Bonchev–Trinajstić information content (AvgIpc) is 3.36. The number of benzene rings is 4. The maximum Gasteiger partial charge on any atom is 0.271 e. The second-order valence-electron chi connectivity index (χ2n) is 8.04. The molecule has 0 unspecified atom stereocenters. The van der Waals surface area contributed by atoms with Crippen LogP contribution in [0.25, 0.3) is 0 Å². The third-order valence-electron chi connectivity index (χ3n) is 5.78. The zero-order valence-electron chi connectivity index (χ0n) is 18.6. The molecule has 4 aromatic rings. The first-order valence-electron chi connectivity index (χ1n) is 11.2. The van der Waals surface area contributed by atoms with Crippen molar-refractivity contribution in [2.45, 2.75) is 12.5 Å². The van der Waals surface area contributed by atoms with Gasteiger partial charge in [-0.1, -0.05) is 91.0 Å². The first-order valence-corrected chi connectivity index (χ1v) is 11.2. The van der Waals surface area contributed by atoms with Crippen LogP contribution in [0.4, 0.5) is 5.69 Å². The molecule has 5 nitrogen and oxygen atoms in total. The van der Waals surface area contributed by atoms with Gasteiger partial charge in [-0.15, -0.1) is 0 Å². The minimum Gasteiger partial charge on any atom is -0.267 e.